The van der Waals surface area contributed by atoms with Gasteiger partial charge in [0.2, 0.25) is 0 Å². The quantitative estimate of drug-likeness (QED) is 0.00657. The van der Waals surface area contributed by atoms with E-state index >= 15 is 0 Å². The zero-order chi connectivity index (χ0) is 103. The maximum Gasteiger partial charge on any atom is 2.00 e. The Bertz CT molecular complexity index is 5960. The number of hydrogen-bond donors (Lipinski definition) is 0. The number of ketones is 4. The van der Waals surface area contributed by atoms with Crippen LogP contribution in [0.5, 0.6) is 23.0 Å². The van der Waals surface area contributed by atoms with Crippen LogP contribution in [0.2, 0.25) is 0 Å². The van der Waals surface area contributed by atoms with Gasteiger partial charge in [0.05, 0.1) is 49.2 Å². The number of fused-ring (bicyclic) bond motifs is 8. The van der Waals surface area contributed by atoms with Crippen molar-refractivity contribution in [2.75, 3.05) is 98.8 Å². The third-order valence-electron chi connectivity index (χ3n) is 24.2. The van der Waals surface area contributed by atoms with Crippen LogP contribution in [0, 0.1) is 0 Å². The summed E-state index contributed by atoms with van der Waals surface area (Å²) >= 11 is 22.6. The van der Waals surface area contributed by atoms with E-state index < -0.39 is 11.9 Å². The number of rotatable bonds is 52. The van der Waals surface area contributed by atoms with E-state index in [4.69, 9.17) is 98.9 Å². The van der Waals surface area contributed by atoms with Crippen LogP contribution in [-0.2, 0) is 122 Å². The van der Waals surface area contributed by atoms with Gasteiger partial charge in [0.25, 0.3) is 0 Å². The topological polar surface area (TPSA) is 225 Å². The van der Waals surface area contributed by atoms with Crippen LogP contribution in [0.25, 0.3) is 110 Å². The molecule has 0 N–H and O–H groups in total. The molecule has 0 spiro atoms. The van der Waals surface area contributed by atoms with Crippen LogP contribution in [0.4, 0.5) is 22.7 Å². The third-order valence-corrected chi connectivity index (χ3v) is 26.2. The molecule has 0 saturated heterocycles. The Balaban J connectivity index is 0.000000311. The van der Waals surface area contributed by atoms with E-state index in [0.717, 1.165) is 152 Å². The van der Waals surface area contributed by atoms with E-state index in [1.165, 1.54) is 35.7 Å². The molecule has 13 rings (SSSR count). The number of anilines is 4. The Morgan fingerprint density at radius 2 is 0.493 bits per heavy atom. The molecule has 0 unspecified atom stereocenters. The van der Waals surface area contributed by atoms with Crippen LogP contribution in [0.15, 0.2) is 294 Å². The summed E-state index contributed by atoms with van der Waals surface area (Å²) in [5.41, 5.74) is 20.3. The maximum atomic E-state index is 11.8. The number of allylic oxidation sites excluding steroid dienone is 4. The van der Waals surface area contributed by atoms with Crippen molar-refractivity contribution >= 4 is 174 Å². The molecule has 3 aromatic heterocycles. The van der Waals surface area contributed by atoms with Crippen molar-refractivity contribution in [2.24, 2.45) is 0 Å². The number of carbonyl (C=O) groups is 6. The first kappa shape index (κ1) is 116. The van der Waals surface area contributed by atoms with Crippen molar-refractivity contribution in [1.29, 1.82) is 0 Å². The second-order valence-corrected chi connectivity index (χ2v) is 35.2. The fourth-order valence-electron chi connectivity index (χ4n) is 16.0. The molecule has 20 nitrogen and oxygen atoms in total. The monoisotopic (exact) mass is 2110 g/mol. The predicted molar refractivity (Wildman–Crippen MR) is 601 cm³/mol. The average Bonchev–Trinajstić information content (AvgIpc) is 1.61. The van der Waals surface area contributed by atoms with Gasteiger partial charge >= 0.3 is 28.7 Å². The molecule has 0 aliphatic carbocycles. The SMILES string of the molecule is C=CC(=O)CCCCOc1ccc(-c2c3nc(c(-c4ccc(OCCCCC(=O)C=C)cc4)c4ccc([n-]4)c(-c4ccc(OCCCCC(=O)C=C)cc4)c4nc(c(-c5ccc(OCCCCC(=O)C=C)cc5)c5ccc2[n-]5)C=C4)C=C3)cc1.C=CC(=O)OCN(CC)c1ccc(C([S-])=C([S-])c2ccc(N(CC)COC(=O)C=C)cc2)cc1.CCN(CC)c1ccc(C([S-])=C([S-])c2ccc(N(CC)CC)cc2)cc1.[Co+2].[Ni]. The molecule has 0 atom stereocenters. The maximum absolute atomic E-state index is 11.8. The van der Waals surface area contributed by atoms with E-state index in [0.29, 0.717) is 169 Å². The summed E-state index contributed by atoms with van der Waals surface area (Å²) in [4.78, 5) is 103. The molecule has 0 saturated carbocycles. The third kappa shape index (κ3) is 33.1. The van der Waals surface area contributed by atoms with Crippen molar-refractivity contribution < 1.29 is 90.5 Å². The molecule has 5 heterocycles. The number of unbranched alkanes of at least 4 members (excludes halogenated alkanes) is 4. The van der Waals surface area contributed by atoms with Crippen LogP contribution >= 0.6 is 0 Å². The molecular weight excluding hydrogens is 1990 g/mol. The van der Waals surface area contributed by atoms with Crippen LogP contribution in [0.1, 0.15) is 164 Å². The summed E-state index contributed by atoms with van der Waals surface area (Å²) in [6.07, 6.45) is 23.3. The number of esters is 2. The van der Waals surface area contributed by atoms with Crippen molar-refractivity contribution in [2.45, 2.75) is 119 Å². The largest absolute Gasteiger partial charge is 2.00 e. The molecule has 763 valence electrons. The molecule has 146 heavy (non-hydrogen) atoms. The minimum absolute atomic E-state index is 0. The Morgan fingerprint density at radius 3 is 0.685 bits per heavy atom. The Labute approximate surface area is 901 Å². The summed E-state index contributed by atoms with van der Waals surface area (Å²) in [7, 11) is 0. The summed E-state index contributed by atoms with van der Waals surface area (Å²) in [5.74, 6) is 1.98. The molecule has 2 aliphatic rings. The number of carbonyl (C=O) groups excluding carboxylic acids is 6. The Morgan fingerprint density at radius 1 is 0.288 bits per heavy atom. The Hall–Kier alpha value is -13.8. The van der Waals surface area contributed by atoms with Crippen molar-refractivity contribution in [1.82, 2.24) is 19.9 Å². The first-order valence-corrected chi connectivity index (χ1v) is 50.4. The summed E-state index contributed by atoms with van der Waals surface area (Å²) in [5, 5.41) is 0. The molecule has 0 amide bonds. The van der Waals surface area contributed by atoms with Crippen molar-refractivity contribution in [3.05, 3.63) is 339 Å². The first-order valence-electron chi connectivity index (χ1n) is 48.8. The van der Waals surface area contributed by atoms with Gasteiger partial charge in [-0.1, -0.05) is 161 Å². The van der Waals surface area contributed by atoms with Gasteiger partial charge < -0.3 is 109 Å². The van der Waals surface area contributed by atoms with Gasteiger partial charge in [0.1, 0.15) is 23.0 Å². The van der Waals surface area contributed by atoms with E-state index in [-0.39, 0.29) is 69.9 Å². The number of hydrogen-bond acceptors (Lipinski definition) is 22. The fraction of sp³-hybridized carbons (Fsp3) is 0.250. The smallest absolute Gasteiger partial charge is 0.781 e. The summed E-state index contributed by atoms with van der Waals surface area (Å²) in [6, 6.07) is 72.0. The van der Waals surface area contributed by atoms with Gasteiger partial charge in [-0.05, 0) is 305 Å². The van der Waals surface area contributed by atoms with Crippen LogP contribution in [-0.4, -0.2) is 124 Å². The molecule has 0 fully saturated rings. The van der Waals surface area contributed by atoms with Gasteiger partial charge in [-0.25, -0.2) is 19.6 Å². The minimum Gasteiger partial charge on any atom is -0.781 e. The zero-order valence-corrected chi connectivity index (χ0v) is 88.8. The zero-order valence-electron chi connectivity index (χ0n) is 83.5. The summed E-state index contributed by atoms with van der Waals surface area (Å²) < 4.78 is 34.8. The van der Waals surface area contributed by atoms with Crippen molar-refractivity contribution in [3.8, 4) is 67.5 Å². The molecule has 26 heteroatoms. The van der Waals surface area contributed by atoms with Gasteiger partial charge in [-0.15, -0.1) is 22.1 Å². The summed E-state index contributed by atoms with van der Waals surface area (Å²) in [6.45, 7) is 41.2. The number of aromatic nitrogens is 4. The molecule has 2 aliphatic heterocycles. The van der Waals surface area contributed by atoms with Crippen molar-refractivity contribution in [3.63, 3.8) is 0 Å². The number of nitrogens with zero attached hydrogens (tertiary/aromatic N) is 8. The van der Waals surface area contributed by atoms with Gasteiger partial charge in [0, 0.05) is 116 Å². The normalized spacial score (nSPS) is 11.3. The first-order chi connectivity index (χ1) is 70.0. The minimum atomic E-state index is -0.465. The molecular formula is C120H124CoN8NiO12S4-4. The van der Waals surface area contributed by atoms with E-state index in [9.17, 15) is 28.8 Å². The standard InChI is InChI=1S/C72H68N4O8.C26H30N2O4S2.C22H30N2S2.Co.Ni/c1-5-53(77)17-9-13-45-81-57-29-21-49(22-30-57)69-61-37-39-63(73-61)70(50-23-31-58(32-24-50)82-46-14-10-18-54(78)6-2)65-41-43-67(75-65)72(52-27-35-60(36-28-52)84-48-16-12-20-56(80)8-4)68-44-42-66(76-68)71(64-40-38-62(69)74-64)51-25-33-59(34-26-51)83-47-15-11-19-55(79)7-3;1-5-23(29)31-17-27(7-3)21-13-9-19(10-14-21)25(33)26(34)20-11-15-22(16-12-20)28(8-4)18-32-24(30)6-2;1-5-23(6-2)19-13-9-17(10-14-19)21(25)22(26)18-11-15-20(16-12-18)24(7-3)8-4;;/h5-8,21-44H,1-4,9-20,45-48H2;5-6,9-16,33-34H,1-2,7-8,17-18H2,3-4H3;9-16,25-26H,5-8H2,1-4H3;;/q-2;;;+2;/p-4. The second kappa shape index (κ2) is 60.2. The average molecular weight is 2120 g/mol. The fourth-order valence-corrected chi connectivity index (χ4v) is 17.0. The predicted octanol–water partition coefficient (Wildman–Crippen LogP) is 25.7. The van der Waals surface area contributed by atoms with Gasteiger partial charge in [-0.2, -0.15) is 19.6 Å². The van der Waals surface area contributed by atoms with Crippen LogP contribution in [0.3, 0.4) is 0 Å². The van der Waals surface area contributed by atoms with E-state index in [1.807, 2.05) is 218 Å². The van der Waals surface area contributed by atoms with Crippen LogP contribution < -0.4 is 48.5 Å². The number of benzene rings is 8. The van der Waals surface area contributed by atoms with E-state index in [2.05, 4.69) is 125 Å². The van der Waals surface area contributed by atoms with Gasteiger partial charge in [0.15, 0.2) is 36.6 Å². The second-order valence-electron chi connectivity index (χ2n) is 33.5. The van der Waals surface area contributed by atoms with E-state index in [1.54, 1.807) is 0 Å². The Kier molecular flexibility index (Phi) is 47.7. The molecule has 8 bridgehead atoms. The number of ether oxygens (including phenoxy) is 6. The molecule has 11 aromatic rings. The molecule has 1 radical (unpaired) electrons. The molecule has 8 aromatic carbocycles. The van der Waals surface area contributed by atoms with Gasteiger partial charge in [-0.3, -0.25) is 19.2 Å².